The Morgan fingerprint density at radius 3 is 3.00 bits per heavy atom. The van der Waals surface area contributed by atoms with Crippen LogP contribution in [0.2, 0.25) is 0 Å². The van der Waals surface area contributed by atoms with Gasteiger partial charge in [-0.15, -0.1) is 11.3 Å². The van der Waals surface area contributed by atoms with Crippen molar-refractivity contribution < 1.29 is 0 Å². The summed E-state index contributed by atoms with van der Waals surface area (Å²) in [5.41, 5.74) is 0.904. The Kier molecular flexibility index (Phi) is 3.33. The summed E-state index contributed by atoms with van der Waals surface area (Å²) in [4.78, 5) is 18.1. The minimum absolute atomic E-state index is 0.822. The molecular weight excluding hydrogens is 258 g/mol. The first-order valence-corrected chi connectivity index (χ1v) is 6.84. The molecule has 3 aromatic rings. The zero-order valence-corrected chi connectivity index (χ0v) is 11.3. The van der Waals surface area contributed by atoms with Crippen LogP contribution in [0.5, 0.6) is 0 Å². The molecule has 0 aliphatic carbocycles. The van der Waals surface area contributed by atoms with Crippen molar-refractivity contribution >= 4 is 28.1 Å². The van der Waals surface area contributed by atoms with Gasteiger partial charge in [-0.3, -0.25) is 4.98 Å². The summed E-state index contributed by atoms with van der Waals surface area (Å²) in [5, 5.41) is 5.39. The van der Waals surface area contributed by atoms with Gasteiger partial charge in [-0.1, -0.05) is 0 Å². The van der Waals surface area contributed by atoms with E-state index in [-0.39, 0.29) is 0 Å². The lowest BCUT2D eigenvalue weighted by atomic mass is 10.3. The third kappa shape index (κ3) is 2.68. The van der Waals surface area contributed by atoms with Crippen LogP contribution in [0.3, 0.4) is 0 Å². The van der Waals surface area contributed by atoms with E-state index in [2.05, 4.69) is 25.3 Å². The van der Waals surface area contributed by atoms with Crippen molar-refractivity contribution in [2.75, 3.05) is 11.9 Å². The molecule has 3 aromatic heterocycles. The molecule has 0 saturated heterocycles. The highest BCUT2D eigenvalue weighted by Crippen LogP contribution is 2.17. The number of aryl methyl sites for hydroxylation is 1. The third-order valence-corrected chi connectivity index (χ3v) is 3.74. The molecule has 0 unspecified atom stereocenters. The number of anilines is 1. The lowest BCUT2D eigenvalue weighted by Gasteiger charge is -2.06. The van der Waals surface area contributed by atoms with E-state index in [4.69, 9.17) is 0 Å². The molecule has 3 rings (SSSR count). The molecule has 5 nitrogen and oxygen atoms in total. The van der Waals surface area contributed by atoms with E-state index >= 15 is 0 Å². The Labute approximate surface area is 114 Å². The highest BCUT2D eigenvalue weighted by molar-refractivity contribution is 7.11. The van der Waals surface area contributed by atoms with Crippen molar-refractivity contribution in [1.82, 2.24) is 19.9 Å². The topological polar surface area (TPSA) is 63.6 Å². The van der Waals surface area contributed by atoms with E-state index in [1.807, 2.05) is 19.2 Å². The lowest BCUT2D eigenvalue weighted by Crippen LogP contribution is -2.06. The summed E-state index contributed by atoms with van der Waals surface area (Å²) in [5.74, 6) is 0.833. The maximum atomic E-state index is 4.27. The Balaban J connectivity index is 1.71. The molecule has 96 valence electrons. The van der Waals surface area contributed by atoms with Crippen molar-refractivity contribution in [3.05, 3.63) is 40.9 Å². The first-order valence-electron chi connectivity index (χ1n) is 6.03. The van der Waals surface area contributed by atoms with Crippen LogP contribution in [0.15, 0.2) is 31.0 Å². The number of thiazole rings is 1. The van der Waals surface area contributed by atoms with E-state index in [1.54, 1.807) is 30.1 Å². The van der Waals surface area contributed by atoms with Crippen LogP contribution >= 0.6 is 11.3 Å². The zero-order valence-electron chi connectivity index (χ0n) is 10.5. The molecule has 0 amide bonds. The van der Waals surface area contributed by atoms with Crippen LogP contribution in [0, 0.1) is 6.92 Å². The van der Waals surface area contributed by atoms with Crippen molar-refractivity contribution in [3.8, 4) is 0 Å². The van der Waals surface area contributed by atoms with Gasteiger partial charge in [0.1, 0.15) is 12.1 Å². The molecule has 19 heavy (non-hydrogen) atoms. The lowest BCUT2D eigenvalue weighted by molar-refractivity contribution is 1.02. The Morgan fingerprint density at radius 1 is 1.21 bits per heavy atom. The maximum Gasteiger partial charge on any atom is 0.138 e. The fraction of sp³-hybridized carbons (Fsp3) is 0.231. The van der Waals surface area contributed by atoms with Crippen molar-refractivity contribution in [2.45, 2.75) is 13.3 Å². The zero-order chi connectivity index (χ0) is 13.1. The summed E-state index contributed by atoms with van der Waals surface area (Å²) in [6.45, 7) is 2.84. The maximum absolute atomic E-state index is 4.27. The third-order valence-electron chi connectivity index (χ3n) is 2.77. The number of rotatable bonds is 4. The molecule has 0 aliphatic heterocycles. The number of fused-ring (bicyclic) bond motifs is 1. The molecular formula is C13H13N5S. The largest absolute Gasteiger partial charge is 0.369 e. The van der Waals surface area contributed by atoms with Crippen LogP contribution in [-0.4, -0.2) is 26.5 Å². The standard InChI is InChI=1S/C13H13N5S/c1-9-16-6-10(19-9)2-5-15-13-11-7-14-4-3-12(11)17-8-18-13/h3-4,6-8H,2,5H2,1H3,(H,15,17,18). The highest BCUT2D eigenvalue weighted by atomic mass is 32.1. The van der Waals surface area contributed by atoms with Gasteiger partial charge in [-0.05, 0) is 13.0 Å². The average Bonchev–Trinajstić information content (AvgIpc) is 2.85. The molecule has 0 bridgehead atoms. The van der Waals surface area contributed by atoms with Crippen LogP contribution in [0.25, 0.3) is 10.9 Å². The number of nitrogens with one attached hydrogen (secondary N) is 1. The molecule has 1 N–H and O–H groups in total. The van der Waals surface area contributed by atoms with Gasteiger partial charge in [0.25, 0.3) is 0 Å². The van der Waals surface area contributed by atoms with Crippen molar-refractivity contribution in [2.24, 2.45) is 0 Å². The number of hydrogen-bond acceptors (Lipinski definition) is 6. The Morgan fingerprint density at radius 2 is 2.16 bits per heavy atom. The quantitative estimate of drug-likeness (QED) is 0.789. The molecule has 0 atom stereocenters. The summed E-state index contributed by atoms with van der Waals surface area (Å²) < 4.78 is 0. The number of hydrogen-bond donors (Lipinski definition) is 1. The highest BCUT2D eigenvalue weighted by Gasteiger charge is 2.03. The first-order chi connectivity index (χ1) is 9.33. The Hall–Kier alpha value is -2.08. The van der Waals surface area contributed by atoms with E-state index < -0.39 is 0 Å². The van der Waals surface area contributed by atoms with E-state index in [1.165, 1.54) is 4.88 Å². The minimum Gasteiger partial charge on any atom is -0.369 e. The number of nitrogens with zero attached hydrogens (tertiary/aromatic N) is 4. The first kappa shape index (κ1) is 12.0. The van der Waals surface area contributed by atoms with E-state index in [0.29, 0.717) is 0 Å². The molecule has 6 heteroatoms. The summed E-state index contributed by atoms with van der Waals surface area (Å²) in [6.07, 6.45) is 7.97. The van der Waals surface area contributed by atoms with Gasteiger partial charge in [0.2, 0.25) is 0 Å². The summed E-state index contributed by atoms with van der Waals surface area (Å²) in [7, 11) is 0. The fourth-order valence-electron chi connectivity index (χ4n) is 1.87. The van der Waals surface area contributed by atoms with Gasteiger partial charge in [0.15, 0.2) is 0 Å². The van der Waals surface area contributed by atoms with Crippen molar-refractivity contribution in [1.29, 1.82) is 0 Å². The van der Waals surface area contributed by atoms with Gasteiger partial charge in [0.05, 0.1) is 15.9 Å². The average molecular weight is 271 g/mol. The van der Waals surface area contributed by atoms with Gasteiger partial charge < -0.3 is 5.32 Å². The van der Waals surface area contributed by atoms with Crippen LogP contribution in [0.1, 0.15) is 9.88 Å². The van der Waals surface area contributed by atoms with Crippen LogP contribution in [0.4, 0.5) is 5.82 Å². The predicted octanol–water partition coefficient (Wildman–Crippen LogP) is 2.44. The van der Waals surface area contributed by atoms with Crippen LogP contribution < -0.4 is 5.32 Å². The normalized spacial score (nSPS) is 10.8. The van der Waals surface area contributed by atoms with Gasteiger partial charge in [-0.2, -0.15) is 0 Å². The number of aromatic nitrogens is 4. The Bertz CT molecular complexity index is 689. The molecule has 0 aromatic carbocycles. The van der Waals surface area contributed by atoms with Gasteiger partial charge in [0, 0.05) is 36.4 Å². The van der Waals surface area contributed by atoms with Crippen LogP contribution in [-0.2, 0) is 6.42 Å². The minimum atomic E-state index is 0.822. The second-order valence-corrected chi connectivity index (χ2v) is 5.46. The van der Waals surface area contributed by atoms with Crippen molar-refractivity contribution in [3.63, 3.8) is 0 Å². The molecule has 0 radical (unpaired) electrons. The number of pyridine rings is 1. The van der Waals surface area contributed by atoms with E-state index in [0.717, 1.165) is 34.7 Å². The fourth-order valence-corrected chi connectivity index (χ4v) is 2.66. The molecule has 0 fully saturated rings. The van der Waals surface area contributed by atoms with Gasteiger partial charge >= 0.3 is 0 Å². The molecule has 0 spiro atoms. The second-order valence-electron chi connectivity index (χ2n) is 4.14. The summed E-state index contributed by atoms with van der Waals surface area (Å²) >= 11 is 1.73. The SMILES string of the molecule is Cc1ncc(CCNc2ncnc3ccncc23)s1. The monoisotopic (exact) mass is 271 g/mol. The molecule has 0 saturated carbocycles. The molecule has 3 heterocycles. The smallest absolute Gasteiger partial charge is 0.138 e. The van der Waals surface area contributed by atoms with E-state index in [9.17, 15) is 0 Å². The molecule has 0 aliphatic rings. The van der Waals surface area contributed by atoms with Gasteiger partial charge in [-0.25, -0.2) is 15.0 Å². The second kappa shape index (κ2) is 5.27. The summed E-state index contributed by atoms with van der Waals surface area (Å²) in [6, 6.07) is 1.88. The predicted molar refractivity (Wildman–Crippen MR) is 76.4 cm³/mol.